The molecule has 0 spiro atoms. The molecule has 0 aliphatic heterocycles. The number of aromatic nitrogens is 2. The molecule has 0 bridgehead atoms. The fourth-order valence-corrected chi connectivity index (χ4v) is 1.43. The maximum atomic E-state index is 5.57. The molecule has 0 aromatic carbocycles. The van der Waals surface area contributed by atoms with Gasteiger partial charge in [0, 0.05) is 31.4 Å². The first-order chi connectivity index (χ1) is 7.69. The number of nitrogens with two attached hydrogens (primary N) is 1. The van der Waals surface area contributed by atoms with Crippen molar-refractivity contribution >= 4 is 5.95 Å². The molecule has 16 heavy (non-hydrogen) atoms. The Hall–Kier alpha value is -1.36. The molecule has 1 rings (SSSR count). The molecular formula is C11H20N4O. The predicted octanol–water partition coefficient (Wildman–Crippen LogP) is 1.05. The van der Waals surface area contributed by atoms with Crippen LogP contribution in [0.2, 0.25) is 0 Å². The smallest absolute Gasteiger partial charge is 0.228 e. The summed E-state index contributed by atoms with van der Waals surface area (Å²) in [5.74, 6) is 1.28. The first kappa shape index (κ1) is 12.7. The number of hydrogen-bond acceptors (Lipinski definition) is 5. The van der Waals surface area contributed by atoms with E-state index in [4.69, 9.17) is 10.5 Å². The van der Waals surface area contributed by atoms with Gasteiger partial charge in [-0.25, -0.2) is 4.98 Å². The molecule has 0 saturated heterocycles. The van der Waals surface area contributed by atoms with E-state index in [0.717, 1.165) is 6.54 Å². The lowest BCUT2D eigenvalue weighted by molar-refractivity contribution is 0.326. The van der Waals surface area contributed by atoms with Crippen LogP contribution in [0.1, 0.15) is 20.8 Å². The molecule has 0 radical (unpaired) electrons. The molecule has 0 aliphatic carbocycles. The van der Waals surface area contributed by atoms with Crippen molar-refractivity contribution in [3.05, 3.63) is 12.3 Å². The number of anilines is 1. The van der Waals surface area contributed by atoms with Crippen LogP contribution in [-0.2, 0) is 0 Å². The molecule has 0 amide bonds. The molecule has 1 aromatic heterocycles. The van der Waals surface area contributed by atoms with Crippen molar-refractivity contribution in [2.24, 2.45) is 5.73 Å². The van der Waals surface area contributed by atoms with E-state index >= 15 is 0 Å². The Morgan fingerprint density at radius 1 is 1.50 bits per heavy atom. The fourth-order valence-electron chi connectivity index (χ4n) is 1.43. The Morgan fingerprint density at radius 2 is 2.25 bits per heavy atom. The number of nitrogens with zero attached hydrogens (tertiary/aromatic N) is 3. The van der Waals surface area contributed by atoms with Gasteiger partial charge in [0.1, 0.15) is 0 Å². The number of rotatable bonds is 6. The quantitative estimate of drug-likeness (QED) is 0.782. The van der Waals surface area contributed by atoms with Crippen molar-refractivity contribution in [1.82, 2.24) is 9.97 Å². The average Bonchev–Trinajstić information content (AvgIpc) is 2.26. The lowest BCUT2D eigenvalue weighted by Gasteiger charge is -2.26. The van der Waals surface area contributed by atoms with Crippen molar-refractivity contribution in [2.45, 2.75) is 26.8 Å². The summed E-state index contributed by atoms with van der Waals surface area (Å²) in [4.78, 5) is 10.6. The third-order valence-electron chi connectivity index (χ3n) is 2.16. The van der Waals surface area contributed by atoms with Gasteiger partial charge in [-0.05, 0) is 20.8 Å². The summed E-state index contributed by atoms with van der Waals surface area (Å²) in [7, 11) is 0. The molecule has 5 nitrogen and oxygen atoms in total. The predicted molar refractivity (Wildman–Crippen MR) is 64.7 cm³/mol. The van der Waals surface area contributed by atoms with E-state index < -0.39 is 0 Å². The third-order valence-corrected chi connectivity index (χ3v) is 2.16. The molecule has 0 aliphatic rings. The summed E-state index contributed by atoms with van der Waals surface area (Å²) in [6.07, 6.45) is 1.71. The van der Waals surface area contributed by atoms with Gasteiger partial charge in [-0.3, -0.25) is 0 Å². The van der Waals surface area contributed by atoms with Crippen molar-refractivity contribution < 1.29 is 4.74 Å². The van der Waals surface area contributed by atoms with Crippen LogP contribution in [0, 0.1) is 0 Å². The zero-order chi connectivity index (χ0) is 12.0. The van der Waals surface area contributed by atoms with Gasteiger partial charge in [-0.15, -0.1) is 0 Å². The van der Waals surface area contributed by atoms with Crippen molar-refractivity contribution in [1.29, 1.82) is 0 Å². The minimum absolute atomic E-state index is 0.320. The van der Waals surface area contributed by atoms with E-state index in [9.17, 15) is 0 Å². The lowest BCUT2D eigenvalue weighted by atomic mass is 10.3. The van der Waals surface area contributed by atoms with E-state index in [-0.39, 0.29) is 0 Å². The fraction of sp³-hybridized carbons (Fsp3) is 0.636. The maximum Gasteiger partial charge on any atom is 0.228 e. The molecular weight excluding hydrogens is 204 g/mol. The van der Waals surface area contributed by atoms with Crippen molar-refractivity contribution in [2.75, 3.05) is 24.6 Å². The molecule has 1 heterocycles. The highest BCUT2D eigenvalue weighted by Crippen LogP contribution is 2.14. The zero-order valence-corrected chi connectivity index (χ0v) is 10.2. The second-order valence-electron chi connectivity index (χ2n) is 3.70. The van der Waals surface area contributed by atoms with Gasteiger partial charge in [0.05, 0.1) is 6.61 Å². The first-order valence-corrected chi connectivity index (χ1v) is 5.61. The van der Waals surface area contributed by atoms with Crippen LogP contribution in [0.4, 0.5) is 5.95 Å². The van der Waals surface area contributed by atoms with Gasteiger partial charge in [0.25, 0.3) is 0 Å². The van der Waals surface area contributed by atoms with Gasteiger partial charge in [0.2, 0.25) is 11.8 Å². The van der Waals surface area contributed by atoms with Crippen LogP contribution in [0.3, 0.4) is 0 Å². The number of ether oxygens (including phenoxy) is 1. The minimum Gasteiger partial charge on any atom is -0.478 e. The Labute approximate surface area is 96.6 Å². The Balaban J connectivity index is 2.86. The molecule has 0 saturated carbocycles. The second kappa shape index (κ2) is 6.27. The van der Waals surface area contributed by atoms with Gasteiger partial charge in [-0.1, -0.05) is 0 Å². The van der Waals surface area contributed by atoms with E-state index in [0.29, 0.717) is 31.0 Å². The SMILES string of the molecule is CCOc1ccnc(N(CCN)C(C)C)n1. The molecule has 2 N–H and O–H groups in total. The van der Waals surface area contributed by atoms with E-state index in [1.165, 1.54) is 0 Å². The molecule has 0 atom stereocenters. The normalized spacial score (nSPS) is 10.6. The Morgan fingerprint density at radius 3 is 2.81 bits per heavy atom. The highest BCUT2D eigenvalue weighted by atomic mass is 16.5. The largest absolute Gasteiger partial charge is 0.478 e. The average molecular weight is 224 g/mol. The minimum atomic E-state index is 0.320. The van der Waals surface area contributed by atoms with Gasteiger partial charge in [-0.2, -0.15) is 4.98 Å². The topological polar surface area (TPSA) is 64.3 Å². The summed E-state index contributed by atoms with van der Waals surface area (Å²) in [6, 6.07) is 2.08. The van der Waals surface area contributed by atoms with E-state index in [2.05, 4.69) is 28.7 Å². The zero-order valence-electron chi connectivity index (χ0n) is 10.2. The molecule has 90 valence electrons. The summed E-state index contributed by atoms with van der Waals surface area (Å²) in [6.45, 7) is 8.04. The summed E-state index contributed by atoms with van der Waals surface area (Å²) in [5, 5.41) is 0. The van der Waals surface area contributed by atoms with Crippen LogP contribution >= 0.6 is 0 Å². The molecule has 5 heteroatoms. The summed E-state index contributed by atoms with van der Waals surface area (Å²) in [5.41, 5.74) is 5.57. The standard InChI is InChI=1S/C11H20N4O/c1-4-16-10-5-7-13-11(14-10)15(8-6-12)9(2)3/h5,7,9H,4,6,8,12H2,1-3H3. The van der Waals surface area contributed by atoms with E-state index in [1.807, 2.05) is 6.92 Å². The van der Waals surface area contributed by atoms with Gasteiger partial charge < -0.3 is 15.4 Å². The third kappa shape index (κ3) is 3.34. The second-order valence-corrected chi connectivity index (χ2v) is 3.70. The maximum absolute atomic E-state index is 5.57. The van der Waals surface area contributed by atoms with Crippen molar-refractivity contribution in [3.8, 4) is 5.88 Å². The van der Waals surface area contributed by atoms with Gasteiger partial charge in [0.15, 0.2) is 0 Å². The molecule has 1 aromatic rings. The lowest BCUT2D eigenvalue weighted by Crippen LogP contribution is -2.36. The summed E-state index contributed by atoms with van der Waals surface area (Å²) >= 11 is 0. The van der Waals surface area contributed by atoms with Crippen molar-refractivity contribution in [3.63, 3.8) is 0 Å². The highest BCUT2D eigenvalue weighted by molar-refractivity contribution is 5.33. The van der Waals surface area contributed by atoms with Crippen LogP contribution in [0.5, 0.6) is 5.88 Å². The highest BCUT2D eigenvalue weighted by Gasteiger charge is 2.12. The molecule has 0 fully saturated rings. The Kier molecular flexibility index (Phi) is 4.98. The Bertz CT molecular complexity index is 317. The van der Waals surface area contributed by atoms with Crippen LogP contribution in [-0.4, -0.2) is 35.7 Å². The monoisotopic (exact) mass is 224 g/mol. The van der Waals surface area contributed by atoms with Gasteiger partial charge >= 0.3 is 0 Å². The first-order valence-electron chi connectivity index (χ1n) is 5.61. The van der Waals surface area contributed by atoms with E-state index in [1.54, 1.807) is 12.3 Å². The molecule has 0 unspecified atom stereocenters. The summed E-state index contributed by atoms with van der Waals surface area (Å²) < 4.78 is 5.35. The van der Waals surface area contributed by atoms with Crippen LogP contribution < -0.4 is 15.4 Å². The van der Waals surface area contributed by atoms with Crippen LogP contribution in [0.15, 0.2) is 12.3 Å². The van der Waals surface area contributed by atoms with Crippen LogP contribution in [0.25, 0.3) is 0 Å². The number of hydrogen-bond donors (Lipinski definition) is 1.